The molecule has 1 unspecified atom stereocenters. The van der Waals surface area contributed by atoms with Gasteiger partial charge < -0.3 is 20.3 Å². The summed E-state index contributed by atoms with van der Waals surface area (Å²) in [6.45, 7) is 7.68. The van der Waals surface area contributed by atoms with Gasteiger partial charge in [-0.05, 0) is 32.9 Å². The van der Waals surface area contributed by atoms with E-state index in [2.05, 4.69) is 15.6 Å². The highest BCUT2D eigenvalue weighted by Gasteiger charge is 2.36. The van der Waals surface area contributed by atoms with Crippen molar-refractivity contribution in [2.75, 3.05) is 32.1 Å². The van der Waals surface area contributed by atoms with Crippen molar-refractivity contribution in [3.05, 3.63) is 23.9 Å². The van der Waals surface area contributed by atoms with Crippen LogP contribution in [-0.4, -0.2) is 60.1 Å². The van der Waals surface area contributed by atoms with E-state index >= 15 is 0 Å². The Balaban J connectivity index is 1.90. The molecule has 0 saturated carbocycles. The van der Waals surface area contributed by atoms with Gasteiger partial charge in [0.25, 0.3) is 5.91 Å². The third-order valence-corrected chi connectivity index (χ3v) is 3.90. The van der Waals surface area contributed by atoms with Crippen LogP contribution in [0.5, 0.6) is 0 Å². The molecule has 1 aromatic rings. The number of methoxy groups -OCH3 is 1. The van der Waals surface area contributed by atoms with Crippen molar-refractivity contribution in [1.29, 1.82) is 0 Å². The van der Waals surface area contributed by atoms with Crippen molar-refractivity contribution in [3.8, 4) is 0 Å². The summed E-state index contributed by atoms with van der Waals surface area (Å²) >= 11 is 0. The lowest BCUT2D eigenvalue weighted by Crippen LogP contribution is -2.43. The summed E-state index contributed by atoms with van der Waals surface area (Å²) in [5, 5.41) is 6.01. The summed E-state index contributed by atoms with van der Waals surface area (Å²) in [6, 6.07) is 3.51. The number of ether oxygens (including phenoxy) is 1. The Morgan fingerprint density at radius 1 is 1.42 bits per heavy atom. The van der Waals surface area contributed by atoms with E-state index in [0.29, 0.717) is 37.5 Å². The Bertz CT molecular complexity index is 580. The first kappa shape index (κ1) is 18.2. The van der Waals surface area contributed by atoms with E-state index in [0.717, 1.165) is 0 Å². The number of nitrogens with zero attached hydrogens (tertiary/aromatic N) is 2. The molecule has 1 fully saturated rings. The van der Waals surface area contributed by atoms with Crippen LogP contribution in [0.1, 0.15) is 37.6 Å². The van der Waals surface area contributed by atoms with E-state index in [1.54, 1.807) is 19.2 Å². The molecule has 2 amide bonds. The van der Waals surface area contributed by atoms with Gasteiger partial charge in [-0.3, -0.25) is 9.59 Å². The smallest absolute Gasteiger partial charge is 0.252 e. The fourth-order valence-electron chi connectivity index (χ4n) is 2.64. The summed E-state index contributed by atoms with van der Waals surface area (Å²) in [5.41, 5.74) is 0.320. The Morgan fingerprint density at radius 2 is 2.17 bits per heavy atom. The second-order valence-electron chi connectivity index (χ2n) is 6.90. The molecule has 1 aliphatic rings. The number of carbonyl (C=O) groups excluding carboxylic acids is 2. The Kier molecular flexibility index (Phi) is 5.77. The van der Waals surface area contributed by atoms with Crippen LogP contribution in [0.15, 0.2) is 18.3 Å². The van der Waals surface area contributed by atoms with Crippen molar-refractivity contribution >= 4 is 17.6 Å². The summed E-state index contributed by atoms with van der Waals surface area (Å²) in [6.07, 6.45) is 1.99. The van der Waals surface area contributed by atoms with E-state index in [1.807, 2.05) is 25.7 Å². The maximum atomic E-state index is 12.1. The maximum absolute atomic E-state index is 12.1. The Hall–Kier alpha value is -2.15. The average Bonchev–Trinajstić information content (AvgIpc) is 2.89. The van der Waals surface area contributed by atoms with Gasteiger partial charge in [0.2, 0.25) is 5.91 Å². The molecule has 2 heterocycles. The van der Waals surface area contributed by atoms with E-state index in [4.69, 9.17) is 4.74 Å². The second kappa shape index (κ2) is 7.61. The zero-order valence-corrected chi connectivity index (χ0v) is 14.8. The highest BCUT2D eigenvalue weighted by atomic mass is 16.5. The third kappa shape index (κ3) is 4.67. The first-order valence-electron chi connectivity index (χ1n) is 8.11. The first-order valence-corrected chi connectivity index (χ1v) is 8.11. The highest BCUT2D eigenvalue weighted by molar-refractivity contribution is 5.94. The minimum Gasteiger partial charge on any atom is -0.383 e. The molecule has 2 N–H and O–H groups in total. The molecule has 0 aromatic carbocycles. The van der Waals surface area contributed by atoms with Gasteiger partial charge in [-0.15, -0.1) is 0 Å². The van der Waals surface area contributed by atoms with Crippen molar-refractivity contribution in [1.82, 2.24) is 15.2 Å². The van der Waals surface area contributed by atoms with Crippen LogP contribution in [0.25, 0.3) is 0 Å². The van der Waals surface area contributed by atoms with Crippen LogP contribution >= 0.6 is 0 Å². The molecule has 1 atom stereocenters. The normalized spacial score (nSPS) is 17.9. The predicted molar refractivity (Wildman–Crippen MR) is 91.9 cm³/mol. The Labute approximate surface area is 142 Å². The molecule has 2 rings (SSSR count). The fraction of sp³-hybridized carbons (Fsp3) is 0.588. The topological polar surface area (TPSA) is 83.6 Å². The molecule has 1 saturated heterocycles. The van der Waals surface area contributed by atoms with Gasteiger partial charge in [-0.1, -0.05) is 0 Å². The van der Waals surface area contributed by atoms with Crippen molar-refractivity contribution in [2.45, 2.75) is 38.8 Å². The zero-order valence-electron chi connectivity index (χ0n) is 14.8. The number of hydrogen-bond acceptors (Lipinski definition) is 5. The van der Waals surface area contributed by atoms with E-state index in [-0.39, 0.29) is 23.4 Å². The number of rotatable bonds is 6. The number of nitrogens with one attached hydrogen (secondary N) is 2. The fourth-order valence-corrected chi connectivity index (χ4v) is 2.64. The summed E-state index contributed by atoms with van der Waals surface area (Å²) in [4.78, 5) is 30.1. The van der Waals surface area contributed by atoms with Crippen LogP contribution in [0.4, 0.5) is 5.82 Å². The van der Waals surface area contributed by atoms with Gasteiger partial charge in [-0.25, -0.2) is 4.98 Å². The number of carbonyl (C=O) groups is 2. The molecule has 24 heavy (non-hydrogen) atoms. The molecule has 0 bridgehead atoms. The van der Waals surface area contributed by atoms with Crippen LogP contribution in [0, 0.1) is 0 Å². The largest absolute Gasteiger partial charge is 0.383 e. The molecule has 7 nitrogen and oxygen atoms in total. The highest BCUT2D eigenvalue weighted by Crippen LogP contribution is 2.23. The van der Waals surface area contributed by atoms with Crippen molar-refractivity contribution < 1.29 is 14.3 Å². The molecule has 1 aromatic heterocycles. The molecule has 132 valence electrons. The maximum Gasteiger partial charge on any atom is 0.252 e. The van der Waals surface area contributed by atoms with Gasteiger partial charge >= 0.3 is 0 Å². The SMILES string of the molecule is COCCNC(=O)c1ccc(NC2CC(=O)N(C(C)(C)C)C2)nc1. The quantitative estimate of drug-likeness (QED) is 0.766. The van der Waals surface area contributed by atoms with Crippen LogP contribution in [0.2, 0.25) is 0 Å². The zero-order chi connectivity index (χ0) is 17.7. The number of likely N-dealkylation sites (tertiary alicyclic amines) is 1. The Morgan fingerprint density at radius 3 is 2.71 bits per heavy atom. The van der Waals surface area contributed by atoms with Crippen molar-refractivity contribution in [2.24, 2.45) is 0 Å². The molecule has 0 radical (unpaired) electrons. The standard InChI is InChI=1S/C17H26N4O3/c1-17(2,3)21-11-13(9-15(21)22)20-14-6-5-12(10-19-14)16(23)18-7-8-24-4/h5-6,10,13H,7-9,11H2,1-4H3,(H,18,23)(H,19,20). The summed E-state index contributed by atoms with van der Waals surface area (Å²) in [5.74, 6) is 0.632. The minimum atomic E-state index is -0.180. The van der Waals surface area contributed by atoms with Gasteiger partial charge in [0, 0.05) is 38.4 Å². The van der Waals surface area contributed by atoms with E-state index < -0.39 is 0 Å². The second-order valence-corrected chi connectivity index (χ2v) is 6.90. The van der Waals surface area contributed by atoms with Crippen LogP contribution in [0.3, 0.4) is 0 Å². The number of anilines is 1. The number of pyridine rings is 1. The third-order valence-electron chi connectivity index (χ3n) is 3.90. The lowest BCUT2D eigenvalue weighted by atomic mass is 10.1. The van der Waals surface area contributed by atoms with Crippen molar-refractivity contribution in [3.63, 3.8) is 0 Å². The molecular formula is C17H26N4O3. The molecule has 0 aliphatic carbocycles. The predicted octanol–water partition coefficient (Wildman–Crippen LogP) is 1.27. The molecule has 0 spiro atoms. The van der Waals surface area contributed by atoms with Gasteiger partial charge in [0.1, 0.15) is 5.82 Å². The molecule has 7 heteroatoms. The first-order chi connectivity index (χ1) is 11.3. The van der Waals surface area contributed by atoms with Gasteiger partial charge in [0.05, 0.1) is 18.2 Å². The number of aromatic nitrogens is 1. The number of hydrogen-bond donors (Lipinski definition) is 2. The summed E-state index contributed by atoms with van der Waals surface area (Å²) in [7, 11) is 1.59. The minimum absolute atomic E-state index is 0.0330. The summed E-state index contributed by atoms with van der Waals surface area (Å²) < 4.78 is 4.89. The molecule has 1 aliphatic heterocycles. The monoisotopic (exact) mass is 334 g/mol. The lowest BCUT2D eigenvalue weighted by molar-refractivity contribution is -0.131. The van der Waals surface area contributed by atoms with E-state index in [9.17, 15) is 9.59 Å². The van der Waals surface area contributed by atoms with Gasteiger partial charge in [0.15, 0.2) is 0 Å². The number of amides is 2. The lowest BCUT2D eigenvalue weighted by Gasteiger charge is -2.32. The van der Waals surface area contributed by atoms with Gasteiger partial charge in [-0.2, -0.15) is 0 Å². The van der Waals surface area contributed by atoms with Crippen LogP contribution < -0.4 is 10.6 Å². The molecular weight excluding hydrogens is 308 g/mol. The van der Waals surface area contributed by atoms with E-state index in [1.165, 1.54) is 6.20 Å². The van der Waals surface area contributed by atoms with Crippen LogP contribution in [-0.2, 0) is 9.53 Å². The average molecular weight is 334 g/mol.